The summed E-state index contributed by atoms with van der Waals surface area (Å²) in [5.41, 5.74) is 0. The summed E-state index contributed by atoms with van der Waals surface area (Å²) in [4.78, 5) is 0. The Hall–Kier alpha value is 0.310. The number of thioether (sulfide) groups is 1. The van der Waals surface area contributed by atoms with Gasteiger partial charge in [0.15, 0.2) is 0 Å². The molecule has 2 unspecified atom stereocenters. The minimum Gasteiger partial charge on any atom is -0.302 e. The van der Waals surface area contributed by atoms with E-state index in [1.807, 2.05) is 0 Å². The standard InChI is InChI=1S/C10H21NS/c1-3-5-6-7-10-11-9(4-2)8-12-10/h9-11H,3-8H2,1-2H3. The van der Waals surface area contributed by atoms with Gasteiger partial charge in [-0.25, -0.2) is 0 Å². The molecule has 0 bridgehead atoms. The van der Waals surface area contributed by atoms with E-state index in [1.54, 1.807) is 0 Å². The van der Waals surface area contributed by atoms with Crippen LogP contribution in [0.25, 0.3) is 0 Å². The maximum atomic E-state index is 3.66. The van der Waals surface area contributed by atoms with Gasteiger partial charge in [-0.05, 0) is 12.8 Å². The lowest BCUT2D eigenvalue weighted by molar-refractivity contribution is 0.514. The van der Waals surface area contributed by atoms with Crippen LogP contribution in [-0.4, -0.2) is 17.2 Å². The summed E-state index contributed by atoms with van der Waals surface area (Å²) < 4.78 is 0. The van der Waals surface area contributed by atoms with E-state index in [4.69, 9.17) is 0 Å². The summed E-state index contributed by atoms with van der Waals surface area (Å²) in [6, 6.07) is 0.793. The molecule has 0 aromatic rings. The van der Waals surface area contributed by atoms with Gasteiger partial charge in [0, 0.05) is 11.8 Å². The highest BCUT2D eigenvalue weighted by molar-refractivity contribution is 8.00. The molecule has 1 heterocycles. The number of unbranched alkanes of at least 4 members (excludes halogenated alkanes) is 2. The van der Waals surface area contributed by atoms with E-state index in [0.717, 1.165) is 11.4 Å². The summed E-state index contributed by atoms with van der Waals surface area (Å²) in [7, 11) is 0. The fourth-order valence-electron chi connectivity index (χ4n) is 1.57. The van der Waals surface area contributed by atoms with Crippen LogP contribution in [0.1, 0.15) is 46.0 Å². The van der Waals surface area contributed by atoms with Crippen LogP contribution in [0.3, 0.4) is 0 Å². The summed E-state index contributed by atoms with van der Waals surface area (Å²) >= 11 is 2.11. The lowest BCUT2D eigenvalue weighted by Gasteiger charge is -2.10. The Morgan fingerprint density at radius 2 is 2.17 bits per heavy atom. The molecule has 2 atom stereocenters. The van der Waals surface area contributed by atoms with Crippen molar-refractivity contribution in [3.63, 3.8) is 0 Å². The Bertz CT molecular complexity index is 116. The molecule has 1 fully saturated rings. The van der Waals surface area contributed by atoms with Gasteiger partial charge in [-0.1, -0.05) is 33.1 Å². The molecule has 0 saturated carbocycles. The van der Waals surface area contributed by atoms with Crippen LogP contribution in [0.15, 0.2) is 0 Å². The van der Waals surface area contributed by atoms with E-state index < -0.39 is 0 Å². The predicted molar refractivity (Wildman–Crippen MR) is 57.6 cm³/mol. The average molecular weight is 187 g/mol. The zero-order valence-electron chi connectivity index (χ0n) is 8.31. The van der Waals surface area contributed by atoms with Crippen molar-refractivity contribution in [1.82, 2.24) is 5.32 Å². The third-order valence-corrected chi connectivity index (χ3v) is 3.85. The molecule has 0 aliphatic carbocycles. The topological polar surface area (TPSA) is 12.0 Å². The monoisotopic (exact) mass is 187 g/mol. The SMILES string of the molecule is CCCCCC1NC(CC)CS1. The van der Waals surface area contributed by atoms with Crippen LogP contribution < -0.4 is 5.32 Å². The fraction of sp³-hybridized carbons (Fsp3) is 1.00. The summed E-state index contributed by atoms with van der Waals surface area (Å²) in [5.74, 6) is 1.33. The second-order valence-corrected chi connectivity index (χ2v) is 4.83. The second kappa shape index (κ2) is 5.87. The number of hydrogen-bond donors (Lipinski definition) is 1. The molecule has 72 valence electrons. The molecule has 1 aliphatic rings. The van der Waals surface area contributed by atoms with Crippen LogP contribution in [0.2, 0.25) is 0 Å². The van der Waals surface area contributed by atoms with E-state index in [2.05, 4.69) is 30.9 Å². The van der Waals surface area contributed by atoms with Crippen molar-refractivity contribution in [2.24, 2.45) is 0 Å². The minimum absolute atomic E-state index is 0.765. The Kier molecular flexibility index (Phi) is 5.08. The quantitative estimate of drug-likeness (QED) is 0.664. The molecule has 0 radical (unpaired) electrons. The summed E-state index contributed by atoms with van der Waals surface area (Å²) in [5, 5.41) is 4.43. The van der Waals surface area contributed by atoms with Gasteiger partial charge >= 0.3 is 0 Å². The van der Waals surface area contributed by atoms with Crippen molar-refractivity contribution in [3.05, 3.63) is 0 Å². The van der Waals surface area contributed by atoms with Gasteiger partial charge in [0.1, 0.15) is 0 Å². The van der Waals surface area contributed by atoms with E-state index in [9.17, 15) is 0 Å². The number of hydrogen-bond acceptors (Lipinski definition) is 2. The van der Waals surface area contributed by atoms with Crippen molar-refractivity contribution in [1.29, 1.82) is 0 Å². The van der Waals surface area contributed by atoms with Gasteiger partial charge in [0.05, 0.1) is 5.37 Å². The molecule has 12 heavy (non-hydrogen) atoms. The van der Waals surface area contributed by atoms with Crippen molar-refractivity contribution in [2.75, 3.05) is 5.75 Å². The van der Waals surface area contributed by atoms with Crippen molar-refractivity contribution < 1.29 is 0 Å². The first-order valence-electron chi connectivity index (χ1n) is 5.24. The first kappa shape index (κ1) is 10.4. The smallest absolute Gasteiger partial charge is 0.0535 e. The van der Waals surface area contributed by atoms with Crippen LogP contribution in [0, 0.1) is 0 Å². The highest BCUT2D eigenvalue weighted by Gasteiger charge is 2.21. The van der Waals surface area contributed by atoms with E-state index in [0.29, 0.717) is 0 Å². The van der Waals surface area contributed by atoms with Gasteiger partial charge < -0.3 is 5.32 Å². The Morgan fingerprint density at radius 3 is 2.75 bits per heavy atom. The molecule has 1 nitrogen and oxygen atoms in total. The van der Waals surface area contributed by atoms with Crippen molar-refractivity contribution in [2.45, 2.75) is 57.4 Å². The van der Waals surface area contributed by atoms with Crippen molar-refractivity contribution in [3.8, 4) is 0 Å². The lowest BCUT2D eigenvalue weighted by atomic mass is 10.2. The first-order valence-corrected chi connectivity index (χ1v) is 6.29. The zero-order chi connectivity index (χ0) is 8.81. The predicted octanol–water partition coefficient (Wildman–Crippen LogP) is 3.01. The molecule has 0 aromatic carbocycles. The van der Waals surface area contributed by atoms with E-state index in [-0.39, 0.29) is 0 Å². The minimum atomic E-state index is 0.765. The summed E-state index contributed by atoms with van der Waals surface area (Å²) in [6.07, 6.45) is 6.80. The number of rotatable bonds is 5. The maximum absolute atomic E-state index is 3.66. The largest absolute Gasteiger partial charge is 0.302 e. The van der Waals surface area contributed by atoms with Gasteiger partial charge in [-0.3, -0.25) is 0 Å². The molecular formula is C10H21NS. The third kappa shape index (κ3) is 3.36. The molecule has 1 rings (SSSR count). The van der Waals surface area contributed by atoms with Crippen LogP contribution in [0.4, 0.5) is 0 Å². The van der Waals surface area contributed by atoms with Crippen LogP contribution in [-0.2, 0) is 0 Å². The molecule has 1 saturated heterocycles. The van der Waals surface area contributed by atoms with Crippen molar-refractivity contribution >= 4 is 11.8 Å². The lowest BCUT2D eigenvalue weighted by Crippen LogP contribution is -2.28. The fourth-order valence-corrected chi connectivity index (χ4v) is 2.99. The van der Waals surface area contributed by atoms with Gasteiger partial charge in [0.2, 0.25) is 0 Å². The summed E-state index contributed by atoms with van der Waals surface area (Å²) in [6.45, 7) is 4.54. The Labute approximate surface area is 80.7 Å². The highest BCUT2D eigenvalue weighted by Crippen LogP contribution is 2.24. The normalized spacial score (nSPS) is 29.5. The third-order valence-electron chi connectivity index (χ3n) is 2.48. The van der Waals surface area contributed by atoms with Crippen LogP contribution in [0.5, 0.6) is 0 Å². The number of nitrogens with one attached hydrogen (secondary N) is 1. The first-order chi connectivity index (χ1) is 5.86. The second-order valence-electron chi connectivity index (χ2n) is 3.59. The van der Waals surface area contributed by atoms with Gasteiger partial charge in [-0.15, -0.1) is 11.8 Å². The Balaban J connectivity index is 2.03. The van der Waals surface area contributed by atoms with Gasteiger partial charge in [0.25, 0.3) is 0 Å². The molecule has 1 aliphatic heterocycles. The van der Waals surface area contributed by atoms with E-state index >= 15 is 0 Å². The molecule has 0 spiro atoms. The maximum Gasteiger partial charge on any atom is 0.0535 e. The van der Waals surface area contributed by atoms with Crippen LogP contribution >= 0.6 is 11.8 Å². The molecule has 2 heteroatoms. The molecule has 0 aromatic heterocycles. The molecular weight excluding hydrogens is 166 g/mol. The molecule has 1 N–H and O–H groups in total. The zero-order valence-corrected chi connectivity index (χ0v) is 9.12. The Morgan fingerprint density at radius 1 is 1.33 bits per heavy atom. The van der Waals surface area contributed by atoms with Gasteiger partial charge in [-0.2, -0.15) is 0 Å². The highest BCUT2D eigenvalue weighted by atomic mass is 32.2. The average Bonchev–Trinajstić information content (AvgIpc) is 2.53. The molecule has 0 amide bonds. The van der Waals surface area contributed by atoms with E-state index in [1.165, 1.54) is 37.9 Å².